The van der Waals surface area contributed by atoms with Gasteiger partial charge in [0.2, 0.25) is 0 Å². The molecular weight excluding hydrogens is 426 g/mol. The molecule has 1 N–H and O–H groups in total. The molecule has 1 saturated carbocycles. The Balaban J connectivity index is 1.32. The number of nitrogens with one attached hydrogen (secondary N) is 1. The first kappa shape index (κ1) is 20.4. The van der Waals surface area contributed by atoms with Crippen LogP contribution in [0, 0.1) is 17.0 Å². The van der Waals surface area contributed by atoms with Crippen LogP contribution >= 0.6 is 0 Å². The van der Waals surface area contributed by atoms with Crippen molar-refractivity contribution >= 4 is 21.4 Å². The van der Waals surface area contributed by atoms with E-state index in [0.717, 1.165) is 46.4 Å². The van der Waals surface area contributed by atoms with Gasteiger partial charge in [0.1, 0.15) is 30.0 Å². The number of benzene rings is 1. The van der Waals surface area contributed by atoms with Crippen LogP contribution in [0.1, 0.15) is 55.0 Å². The van der Waals surface area contributed by atoms with Gasteiger partial charge in [-0.05, 0) is 31.0 Å². The van der Waals surface area contributed by atoms with E-state index in [1.807, 2.05) is 4.58 Å². The van der Waals surface area contributed by atoms with Crippen molar-refractivity contribution in [2.24, 2.45) is 0 Å². The monoisotopic (exact) mass is 449 g/mol. The molecule has 31 heavy (non-hydrogen) atoms. The predicted molar refractivity (Wildman–Crippen MR) is 109 cm³/mol. The Hall–Kier alpha value is -2.46. The predicted octanol–water partition coefficient (Wildman–Crippen LogP) is 2.93. The fourth-order valence-corrected chi connectivity index (χ4v) is 6.38. The van der Waals surface area contributed by atoms with Gasteiger partial charge >= 0.3 is 0 Å². The van der Waals surface area contributed by atoms with Crippen molar-refractivity contribution in [2.75, 3.05) is 6.61 Å². The van der Waals surface area contributed by atoms with E-state index in [2.05, 4.69) is 5.10 Å². The Labute approximate surface area is 178 Å². The standard InChI is InChI=1S/C21H23F2N4O3S/c22-14-5-6-18(23)17(7-14)21-19(24)8-15(12-30-21)26-9-13-10-27(25-20(13)11-26)31(28,29)16-3-1-2-4-16/h5-7,10,16,21,24H,1-4,8-9,11-12H2/q+1/t21-/m1/s1. The van der Waals surface area contributed by atoms with Gasteiger partial charge in [-0.3, -0.25) is 0 Å². The summed E-state index contributed by atoms with van der Waals surface area (Å²) in [6.07, 6.45) is 4.21. The molecule has 0 amide bonds. The van der Waals surface area contributed by atoms with Gasteiger partial charge in [-0.1, -0.05) is 12.8 Å². The van der Waals surface area contributed by atoms with Crippen LogP contribution < -0.4 is 0 Å². The van der Waals surface area contributed by atoms with E-state index in [1.165, 1.54) is 0 Å². The molecule has 0 radical (unpaired) electrons. The molecule has 10 heteroatoms. The number of halogens is 2. The van der Waals surface area contributed by atoms with Crippen molar-refractivity contribution in [3.63, 3.8) is 0 Å². The summed E-state index contributed by atoms with van der Waals surface area (Å²) < 4.78 is 62.0. The van der Waals surface area contributed by atoms with Crippen LogP contribution in [0.25, 0.3) is 0 Å². The largest absolute Gasteiger partial charge is 0.357 e. The van der Waals surface area contributed by atoms with Crippen molar-refractivity contribution in [1.29, 1.82) is 5.41 Å². The quantitative estimate of drug-likeness (QED) is 0.730. The molecule has 1 atom stereocenters. The second kappa shape index (κ2) is 7.59. The van der Waals surface area contributed by atoms with Crippen molar-refractivity contribution in [1.82, 2.24) is 9.19 Å². The van der Waals surface area contributed by atoms with Gasteiger partial charge in [-0.2, -0.15) is 9.19 Å². The Morgan fingerprint density at radius 2 is 1.97 bits per heavy atom. The number of rotatable bonds is 3. The minimum atomic E-state index is -3.46. The first-order valence-corrected chi connectivity index (χ1v) is 11.9. The maximum absolute atomic E-state index is 14.1. The van der Waals surface area contributed by atoms with E-state index in [9.17, 15) is 17.2 Å². The maximum Gasteiger partial charge on any atom is 0.256 e. The van der Waals surface area contributed by atoms with Crippen LogP contribution in [0.5, 0.6) is 0 Å². The second-order valence-corrected chi connectivity index (χ2v) is 10.5. The smallest absolute Gasteiger partial charge is 0.256 e. The zero-order chi connectivity index (χ0) is 21.8. The summed E-state index contributed by atoms with van der Waals surface area (Å²) in [4.78, 5) is 0. The lowest BCUT2D eigenvalue weighted by Crippen LogP contribution is -2.34. The van der Waals surface area contributed by atoms with E-state index in [-0.39, 0.29) is 29.6 Å². The molecule has 2 aliphatic heterocycles. The highest BCUT2D eigenvalue weighted by atomic mass is 32.2. The normalized spacial score (nSPS) is 24.7. The molecule has 1 aromatic heterocycles. The minimum Gasteiger partial charge on any atom is -0.357 e. The van der Waals surface area contributed by atoms with Crippen LogP contribution in [0.15, 0.2) is 24.4 Å². The third-order valence-electron chi connectivity index (χ3n) is 6.36. The summed E-state index contributed by atoms with van der Waals surface area (Å²) in [7, 11) is -3.46. The molecule has 0 spiro atoms. The van der Waals surface area contributed by atoms with E-state index in [4.69, 9.17) is 10.1 Å². The van der Waals surface area contributed by atoms with Crippen LogP contribution in [0.4, 0.5) is 8.78 Å². The zero-order valence-electron chi connectivity index (χ0n) is 16.9. The lowest BCUT2D eigenvalue weighted by Gasteiger charge is -2.24. The highest BCUT2D eigenvalue weighted by Crippen LogP contribution is 2.30. The SMILES string of the molecule is N=C1CC(=[N+]2Cc3cn(S(=O)(=O)C4CCCC4)nc3C2)CO[C@@H]1c1cc(F)ccc1F. The molecule has 2 fully saturated rings. The third-order valence-corrected chi connectivity index (χ3v) is 8.38. The van der Waals surface area contributed by atoms with E-state index >= 15 is 0 Å². The van der Waals surface area contributed by atoms with Crippen molar-refractivity contribution in [3.8, 4) is 0 Å². The third kappa shape index (κ3) is 3.61. The number of hydrogen-bond donors (Lipinski definition) is 1. The molecule has 1 aromatic carbocycles. The summed E-state index contributed by atoms with van der Waals surface area (Å²) in [5.74, 6) is -1.17. The summed E-state index contributed by atoms with van der Waals surface area (Å²) in [6.45, 7) is 1.11. The van der Waals surface area contributed by atoms with Gasteiger partial charge in [-0.25, -0.2) is 21.8 Å². The van der Waals surface area contributed by atoms with Gasteiger partial charge in [0.15, 0.2) is 18.8 Å². The molecule has 0 unspecified atom stereocenters. The zero-order valence-corrected chi connectivity index (χ0v) is 17.7. The second-order valence-electron chi connectivity index (χ2n) is 8.41. The fraction of sp³-hybridized carbons (Fsp3) is 0.476. The van der Waals surface area contributed by atoms with Gasteiger partial charge in [0, 0.05) is 5.56 Å². The molecule has 2 aromatic rings. The number of aromatic nitrogens is 2. The number of hydrogen-bond acceptors (Lipinski definition) is 5. The summed E-state index contributed by atoms with van der Waals surface area (Å²) in [6, 6.07) is 3.15. The van der Waals surface area contributed by atoms with Crippen LogP contribution in [-0.4, -0.2) is 45.5 Å². The van der Waals surface area contributed by atoms with Crippen molar-refractivity contribution < 1.29 is 26.5 Å². The van der Waals surface area contributed by atoms with Gasteiger partial charge in [-0.15, -0.1) is 0 Å². The van der Waals surface area contributed by atoms with Gasteiger partial charge in [0.25, 0.3) is 10.0 Å². The topological polar surface area (TPSA) is 88.1 Å². The summed E-state index contributed by atoms with van der Waals surface area (Å²) in [5.41, 5.74) is 2.59. The molecule has 1 saturated heterocycles. The van der Waals surface area contributed by atoms with Crippen LogP contribution in [0.2, 0.25) is 0 Å². The maximum atomic E-state index is 14.1. The number of ether oxygens (including phenoxy) is 1. The van der Waals surface area contributed by atoms with Crippen molar-refractivity contribution in [3.05, 3.63) is 52.9 Å². The highest BCUT2D eigenvalue weighted by Gasteiger charge is 2.37. The lowest BCUT2D eigenvalue weighted by atomic mass is 9.97. The Bertz CT molecular complexity index is 1170. The summed E-state index contributed by atoms with van der Waals surface area (Å²) in [5, 5.41) is 12.3. The van der Waals surface area contributed by atoms with Crippen molar-refractivity contribution in [2.45, 2.75) is 56.5 Å². The average Bonchev–Trinajstić information content (AvgIpc) is 3.46. The first-order valence-electron chi connectivity index (χ1n) is 10.4. The highest BCUT2D eigenvalue weighted by molar-refractivity contribution is 7.90. The van der Waals surface area contributed by atoms with E-state index in [1.54, 1.807) is 6.20 Å². The Morgan fingerprint density at radius 1 is 1.19 bits per heavy atom. The van der Waals surface area contributed by atoms with Crippen LogP contribution in [0.3, 0.4) is 0 Å². The Kier molecular flexibility index (Phi) is 5.01. The molecule has 1 aliphatic carbocycles. The minimum absolute atomic E-state index is 0.0298. The van der Waals surface area contributed by atoms with Crippen LogP contribution in [-0.2, 0) is 27.8 Å². The van der Waals surface area contributed by atoms with Gasteiger partial charge in [0.05, 0.1) is 29.1 Å². The lowest BCUT2D eigenvalue weighted by molar-refractivity contribution is -0.552. The molecule has 5 rings (SSSR count). The Morgan fingerprint density at radius 3 is 2.68 bits per heavy atom. The van der Waals surface area contributed by atoms with Gasteiger partial charge < -0.3 is 10.1 Å². The first-order chi connectivity index (χ1) is 14.8. The fourth-order valence-electron chi connectivity index (χ4n) is 4.66. The number of nitrogens with zero attached hydrogens (tertiary/aromatic N) is 3. The summed E-state index contributed by atoms with van der Waals surface area (Å²) >= 11 is 0. The van der Waals surface area contributed by atoms with E-state index in [0.29, 0.717) is 31.6 Å². The average molecular weight is 450 g/mol. The number of fused-ring (bicyclic) bond motifs is 1. The molecule has 0 bridgehead atoms. The molecule has 3 heterocycles. The van der Waals surface area contributed by atoms with E-state index < -0.39 is 27.8 Å². The molecule has 164 valence electrons. The molecule has 3 aliphatic rings. The molecule has 7 nitrogen and oxygen atoms in total. The molecular formula is C21H23F2N4O3S+.